The number of rotatable bonds is 2. The number of aromatic nitrogens is 2. The average molecular weight is 308 g/mol. The van der Waals surface area contributed by atoms with Crippen molar-refractivity contribution in [2.75, 3.05) is 13.2 Å². The molecule has 110 valence electrons. The van der Waals surface area contributed by atoms with Crippen LogP contribution < -0.4 is 4.74 Å². The first kappa shape index (κ1) is 13.9. The normalized spacial score (nSPS) is 14.3. The molecular weight excluding hydrogens is 294 g/mol. The van der Waals surface area contributed by atoms with Crippen LogP contribution in [0.1, 0.15) is 17.0 Å². The lowest BCUT2D eigenvalue weighted by atomic mass is 10.1. The van der Waals surface area contributed by atoms with E-state index in [1.807, 2.05) is 12.1 Å². The summed E-state index contributed by atoms with van der Waals surface area (Å²) >= 11 is 6.00. The van der Waals surface area contributed by atoms with Crippen molar-refractivity contribution in [2.45, 2.75) is 19.9 Å². The number of carbonyl (C=O) groups excluding carboxylic acids is 1. The van der Waals surface area contributed by atoms with E-state index in [0.717, 1.165) is 11.3 Å². The first-order valence-corrected chi connectivity index (χ1v) is 6.98. The minimum Gasteiger partial charge on any atom is -0.491 e. The molecule has 0 radical (unpaired) electrons. The summed E-state index contributed by atoms with van der Waals surface area (Å²) in [6.45, 7) is 3.21. The second-order valence-corrected chi connectivity index (χ2v) is 5.33. The predicted octanol–water partition coefficient (Wildman–Crippen LogP) is 2.00. The number of halogens is 1. The van der Waals surface area contributed by atoms with Gasteiger partial charge >= 0.3 is 0 Å². The molecule has 7 heteroatoms. The Morgan fingerprint density at radius 1 is 1.43 bits per heavy atom. The molecule has 1 aliphatic rings. The smallest absolute Gasteiger partial charge is 0.229 e. The molecule has 1 aromatic carbocycles. The van der Waals surface area contributed by atoms with E-state index in [4.69, 9.17) is 16.3 Å². The lowest BCUT2D eigenvalue weighted by Gasteiger charge is -2.19. The molecule has 1 aromatic heterocycles. The third kappa shape index (κ3) is 3.00. The summed E-state index contributed by atoms with van der Waals surface area (Å²) in [5, 5.41) is 8.06. The van der Waals surface area contributed by atoms with Crippen molar-refractivity contribution >= 4 is 17.5 Å². The van der Waals surface area contributed by atoms with Gasteiger partial charge in [0.15, 0.2) is 0 Å². The van der Waals surface area contributed by atoms with E-state index in [0.29, 0.717) is 36.1 Å². The Balaban J connectivity index is 1.77. The number of carbonyl (C=O) groups is 1. The first-order chi connectivity index (χ1) is 10.1. The summed E-state index contributed by atoms with van der Waals surface area (Å²) in [7, 11) is 0. The van der Waals surface area contributed by atoms with Gasteiger partial charge in [-0.1, -0.05) is 21.9 Å². The van der Waals surface area contributed by atoms with Gasteiger partial charge in [0.1, 0.15) is 23.7 Å². The zero-order valence-electron chi connectivity index (χ0n) is 11.5. The number of hydrogen-bond acceptors (Lipinski definition) is 5. The Hall–Kier alpha value is -2.08. The fraction of sp³-hybridized carbons (Fsp3) is 0.357. The van der Waals surface area contributed by atoms with Crippen LogP contribution in [0.4, 0.5) is 0 Å². The average Bonchev–Trinajstić information content (AvgIpc) is 2.74. The summed E-state index contributed by atoms with van der Waals surface area (Å²) in [4.78, 5) is 14.1. The Labute approximate surface area is 126 Å². The highest BCUT2D eigenvalue weighted by Gasteiger charge is 2.22. The van der Waals surface area contributed by atoms with Gasteiger partial charge in [-0.05, 0) is 25.1 Å². The van der Waals surface area contributed by atoms with Crippen molar-refractivity contribution in [1.82, 2.24) is 15.2 Å². The second-order valence-electron chi connectivity index (χ2n) is 4.89. The van der Waals surface area contributed by atoms with Gasteiger partial charge in [0.25, 0.3) is 0 Å². The predicted molar refractivity (Wildman–Crippen MR) is 75.1 cm³/mol. The highest BCUT2D eigenvalue weighted by Crippen LogP contribution is 2.26. The van der Waals surface area contributed by atoms with Gasteiger partial charge in [0, 0.05) is 17.1 Å². The molecule has 1 aliphatic heterocycles. The summed E-state index contributed by atoms with van der Waals surface area (Å²) in [6, 6.07) is 5.44. The highest BCUT2D eigenvalue weighted by atomic mass is 35.5. The van der Waals surface area contributed by atoms with E-state index in [9.17, 15) is 4.79 Å². The van der Waals surface area contributed by atoms with Gasteiger partial charge in [-0.25, -0.2) is 4.63 Å². The number of aryl methyl sites for hydroxylation is 1. The lowest BCUT2D eigenvalue weighted by molar-refractivity contribution is -0.131. The van der Waals surface area contributed by atoms with Crippen molar-refractivity contribution in [3.05, 3.63) is 40.2 Å². The fourth-order valence-corrected chi connectivity index (χ4v) is 2.44. The molecule has 0 aliphatic carbocycles. The molecule has 0 saturated heterocycles. The summed E-state index contributed by atoms with van der Waals surface area (Å²) in [5.74, 6) is 0.735. The molecule has 2 heterocycles. The number of amides is 1. The number of hydrogen-bond donors (Lipinski definition) is 0. The van der Waals surface area contributed by atoms with Gasteiger partial charge in [-0.2, -0.15) is 0 Å². The van der Waals surface area contributed by atoms with Crippen LogP contribution in [0.25, 0.3) is 0 Å². The first-order valence-electron chi connectivity index (χ1n) is 6.60. The van der Waals surface area contributed by atoms with Crippen LogP contribution >= 0.6 is 11.6 Å². The van der Waals surface area contributed by atoms with Crippen LogP contribution in [0.15, 0.2) is 22.8 Å². The van der Waals surface area contributed by atoms with Gasteiger partial charge in [0.05, 0.1) is 13.0 Å². The monoisotopic (exact) mass is 307 g/mol. The molecule has 0 spiro atoms. The molecule has 0 N–H and O–H groups in total. The van der Waals surface area contributed by atoms with Crippen LogP contribution in [0.3, 0.4) is 0 Å². The van der Waals surface area contributed by atoms with E-state index >= 15 is 0 Å². The summed E-state index contributed by atoms with van der Waals surface area (Å²) in [6.07, 6.45) is 0.172. The van der Waals surface area contributed by atoms with E-state index in [1.54, 1.807) is 17.9 Å². The van der Waals surface area contributed by atoms with Crippen LogP contribution in [0.2, 0.25) is 5.02 Å². The van der Waals surface area contributed by atoms with Crippen molar-refractivity contribution in [2.24, 2.45) is 0 Å². The Morgan fingerprint density at radius 2 is 2.29 bits per heavy atom. The number of ether oxygens (including phenoxy) is 1. The molecule has 2 aromatic rings. The summed E-state index contributed by atoms with van der Waals surface area (Å²) < 4.78 is 10.3. The highest BCUT2D eigenvalue weighted by molar-refractivity contribution is 6.30. The molecule has 21 heavy (non-hydrogen) atoms. The maximum atomic E-state index is 12.4. The third-order valence-corrected chi connectivity index (χ3v) is 3.66. The van der Waals surface area contributed by atoms with Crippen LogP contribution in [-0.4, -0.2) is 34.3 Å². The van der Waals surface area contributed by atoms with Crippen LogP contribution in [-0.2, 0) is 17.8 Å². The van der Waals surface area contributed by atoms with Crippen LogP contribution in [0, 0.1) is 6.92 Å². The number of fused-ring (bicyclic) bond motifs is 1. The van der Waals surface area contributed by atoms with Crippen molar-refractivity contribution in [3.63, 3.8) is 0 Å². The molecule has 1 amide bonds. The molecule has 0 fully saturated rings. The maximum Gasteiger partial charge on any atom is 0.229 e. The Bertz CT molecular complexity index is 671. The molecule has 0 saturated carbocycles. The largest absolute Gasteiger partial charge is 0.491 e. The van der Waals surface area contributed by atoms with E-state index in [-0.39, 0.29) is 12.3 Å². The van der Waals surface area contributed by atoms with Crippen molar-refractivity contribution in [3.8, 4) is 5.75 Å². The van der Waals surface area contributed by atoms with E-state index in [1.165, 1.54) is 0 Å². The fourth-order valence-electron chi connectivity index (χ4n) is 2.24. The van der Waals surface area contributed by atoms with E-state index < -0.39 is 0 Å². The molecule has 6 nitrogen and oxygen atoms in total. The molecule has 0 bridgehead atoms. The van der Waals surface area contributed by atoms with Crippen molar-refractivity contribution < 1.29 is 14.2 Å². The van der Waals surface area contributed by atoms with Gasteiger partial charge in [0.2, 0.25) is 5.91 Å². The second kappa shape index (κ2) is 5.73. The minimum atomic E-state index is -0.0368. The van der Waals surface area contributed by atoms with E-state index in [2.05, 4.69) is 14.9 Å². The zero-order chi connectivity index (χ0) is 14.8. The number of benzene rings is 1. The van der Waals surface area contributed by atoms with Gasteiger partial charge < -0.3 is 9.64 Å². The van der Waals surface area contributed by atoms with Crippen molar-refractivity contribution in [1.29, 1.82) is 0 Å². The topological polar surface area (TPSA) is 68.5 Å². The molecule has 0 atom stereocenters. The number of nitrogens with zero attached hydrogens (tertiary/aromatic N) is 3. The zero-order valence-corrected chi connectivity index (χ0v) is 12.3. The SMILES string of the molecule is Cc1nonc1CC(=O)N1CCOc2ccc(Cl)cc2C1. The quantitative estimate of drug-likeness (QED) is 0.849. The molecular formula is C14H14ClN3O3. The molecule has 3 rings (SSSR count). The Kier molecular flexibility index (Phi) is 3.79. The van der Waals surface area contributed by atoms with Gasteiger partial charge in [-0.15, -0.1) is 0 Å². The van der Waals surface area contributed by atoms with Gasteiger partial charge in [-0.3, -0.25) is 4.79 Å². The standard InChI is InChI=1S/C14H14ClN3O3/c1-9-12(17-21-16-9)7-14(19)18-4-5-20-13-3-2-11(15)6-10(13)8-18/h2-3,6H,4-5,7-8H2,1H3. The summed E-state index contributed by atoms with van der Waals surface area (Å²) in [5.41, 5.74) is 2.11. The van der Waals surface area contributed by atoms with Crippen LogP contribution in [0.5, 0.6) is 5.75 Å². The lowest BCUT2D eigenvalue weighted by Crippen LogP contribution is -2.33. The third-order valence-electron chi connectivity index (χ3n) is 3.42. The minimum absolute atomic E-state index is 0.0368. The maximum absolute atomic E-state index is 12.4. The Morgan fingerprint density at radius 3 is 3.05 bits per heavy atom. The molecule has 0 unspecified atom stereocenters.